The fraction of sp³-hybridized carbons (Fsp3) is 1.00. The predicted octanol–water partition coefficient (Wildman–Crippen LogP) is 1.05. The average Bonchev–Trinajstić information content (AvgIpc) is 1.84. The van der Waals surface area contributed by atoms with E-state index in [-0.39, 0.29) is 6.61 Å². The minimum Gasteiger partial charge on any atom is -0.394 e. The van der Waals surface area contributed by atoms with Crippen molar-refractivity contribution in [3.8, 4) is 0 Å². The minimum absolute atomic E-state index is 0.205. The van der Waals surface area contributed by atoms with Gasteiger partial charge in [-0.05, 0) is 19.3 Å². The number of nitrogens with one attached hydrogen (secondary N) is 1. The maximum atomic E-state index is 11.7. The third-order valence-electron chi connectivity index (χ3n) is 2.28. The van der Waals surface area contributed by atoms with Crippen molar-refractivity contribution < 1.29 is 18.3 Å². The molecule has 1 rings (SSSR count). The van der Waals surface area contributed by atoms with Crippen molar-refractivity contribution >= 4 is 0 Å². The first-order chi connectivity index (χ1) is 5.47. The second-order valence-electron chi connectivity index (χ2n) is 3.26. The number of hydrogen-bond donors (Lipinski definition) is 2. The fourth-order valence-electron chi connectivity index (χ4n) is 1.28. The van der Waals surface area contributed by atoms with E-state index >= 15 is 0 Å². The topological polar surface area (TPSA) is 32.3 Å². The molecule has 0 amide bonds. The van der Waals surface area contributed by atoms with Gasteiger partial charge in [0, 0.05) is 5.54 Å². The molecular weight excluding hydrogens is 171 g/mol. The third-order valence-corrected chi connectivity index (χ3v) is 2.28. The summed E-state index contributed by atoms with van der Waals surface area (Å²) in [4.78, 5) is 0. The van der Waals surface area contributed by atoms with E-state index in [1.807, 2.05) is 0 Å². The standard InChI is InChI=1S/C7H12F3NO/c8-7(9,10)4-11-6(5-12)2-1-3-6/h11-12H,1-5H2. The maximum absolute atomic E-state index is 11.7. The van der Waals surface area contributed by atoms with E-state index in [2.05, 4.69) is 5.32 Å². The quantitative estimate of drug-likeness (QED) is 0.685. The highest BCUT2D eigenvalue weighted by Crippen LogP contribution is 2.31. The van der Waals surface area contributed by atoms with Gasteiger partial charge in [0.1, 0.15) is 0 Å². The van der Waals surface area contributed by atoms with Crippen LogP contribution in [-0.4, -0.2) is 30.0 Å². The van der Waals surface area contributed by atoms with Gasteiger partial charge in [0.25, 0.3) is 0 Å². The molecule has 2 nitrogen and oxygen atoms in total. The Bertz CT molecular complexity index is 148. The molecule has 0 aromatic carbocycles. The SMILES string of the molecule is OCC1(NCC(F)(F)F)CCC1. The van der Waals surface area contributed by atoms with Gasteiger partial charge in [0.2, 0.25) is 0 Å². The van der Waals surface area contributed by atoms with E-state index in [0.29, 0.717) is 12.8 Å². The fourth-order valence-corrected chi connectivity index (χ4v) is 1.28. The summed E-state index contributed by atoms with van der Waals surface area (Å²) >= 11 is 0. The van der Waals surface area contributed by atoms with Crippen molar-refractivity contribution in [3.63, 3.8) is 0 Å². The molecule has 12 heavy (non-hydrogen) atoms. The average molecular weight is 183 g/mol. The van der Waals surface area contributed by atoms with Crippen LogP contribution in [0.15, 0.2) is 0 Å². The van der Waals surface area contributed by atoms with E-state index in [0.717, 1.165) is 6.42 Å². The van der Waals surface area contributed by atoms with Crippen molar-refractivity contribution in [2.24, 2.45) is 0 Å². The van der Waals surface area contributed by atoms with Gasteiger partial charge in [-0.2, -0.15) is 13.2 Å². The lowest BCUT2D eigenvalue weighted by molar-refractivity contribution is -0.132. The van der Waals surface area contributed by atoms with Crippen LogP contribution in [0.3, 0.4) is 0 Å². The second-order valence-corrected chi connectivity index (χ2v) is 3.26. The van der Waals surface area contributed by atoms with Crippen molar-refractivity contribution in [2.45, 2.75) is 31.0 Å². The third kappa shape index (κ3) is 2.35. The summed E-state index contributed by atoms with van der Waals surface area (Å²) < 4.78 is 35.2. The van der Waals surface area contributed by atoms with Crippen LogP contribution < -0.4 is 5.32 Å². The summed E-state index contributed by atoms with van der Waals surface area (Å²) in [7, 11) is 0. The van der Waals surface area contributed by atoms with Crippen LogP contribution in [0.25, 0.3) is 0 Å². The Morgan fingerprint density at radius 1 is 1.33 bits per heavy atom. The Morgan fingerprint density at radius 2 is 1.92 bits per heavy atom. The van der Waals surface area contributed by atoms with E-state index in [1.165, 1.54) is 0 Å². The molecule has 0 bridgehead atoms. The first-order valence-corrected chi connectivity index (χ1v) is 3.90. The van der Waals surface area contributed by atoms with Gasteiger partial charge in [-0.25, -0.2) is 0 Å². The first kappa shape index (κ1) is 9.80. The monoisotopic (exact) mass is 183 g/mol. The van der Waals surface area contributed by atoms with Crippen LogP contribution in [0.2, 0.25) is 0 Å². The van der Waals surface area contributed by atoms with Crippen LogP contribution >= 0.6 is 0 Å². The van der Waals surface area contributed by atoms with Gasteiger partial charge in [0.15, 0.2) is 0 Å². The molecular formula is C7H12F3NO. The molecule has 0 aliphatic heterocycles. The molecule has 0 spiro atoms. The van der Waals surface area contributed by atoms with E-state index in [4.69, 9.17) is 5.11 Å². The summed E-state index contributed by atoms with van der Waals surface area (Å²) in [6, 6.07) is 0. The Balaban J connectivity index is 2.30. The number of hydrogen-bond acceptors (Lipinski definition) is 2. The Hall–Kier alpha value is -0.290. The number of halogens is 3. The Labute approximate surface area is 68.8 Å². The van der Waals surface area contributed by atoms with Gasteiger partial charge in [-0.1, -0.05) is 0 Å². The molecule has 0 aromatic heterocycles. The Kier molecular flexibility index (Phi) is 2.63. The highest BCUT2D eigenvalue weighted by atomic mass is 19.4. The molecule has 1 fully saturated rings. The molecule has 0 atom stereocenters. The lowest BCUT2D eigenvalue weighted by Gasteiger charge is -2.41. The smallest absolute Gasteiger partial charge is 0.394 e. The molecule has 0 aromatic rings. The molecule has 1 aliphatic carbocycles. The van der Waals surface area contributed by atoms with Crippen LogP contribution in [0.1, 0.15) is 19.3 Å². The summed E-state index contributed by atoms with van der Waals surface area (Å²) in [5.74, 6) is 0. The second kappa shape index (κ2) is 3.22. The molecule has 0 unspecified atom stereocenters. The van der Waals surface area contributed by atoms with Gasteiger partial charge < -0.3 is 10.4 Å². The number of alkyl halides is 3. The number of aliphatic hydroxyl groups is 1. The molecule has 5 heteroatoms. The van der Waals surface area contributed by atoms with E-state index in [1.54, 1.807) is 0 Å². The minimum atomic E-state index is -4.18. The van der Waals surface area contributed by atoms with Crippen LogP contribution in [0, 0.1) is 0 Å². The zero-order chi connectivity index (χ0) is 9.24. The van der Waals surface area contributed by atoms with Crippen molar-refractivity contribution in [1.82, 2.24) is 5.32 Å². The van der Waals surface area contributed by atoms with E-state index < -0.39 is 18.3 Å². The first-order valence-electron chi connectivity index (χ1n) is 3.90. The Morgan fingerprint density at radius 3 is 2.17 bits per heavy atom. The van der Waals surface area contributed by atoms with Crippen LogP contribution in [-0.2, 0) is 0 Å². The highest BCUT2D eigenvalue weighted by molar-refractivity contribution is 4.95. The number of rotatable bonds is 3. The normalized spacial score (nSPS) is 22.0. The highest BCUT2D eigenvalue weighted by Gasteiger charge is 2.39. The van der Waals surface area contributed by atoms with Gasteiger partial charge in [-0.3, -0.25) is 0 Å². The molecule has 72 valence electrons. The van der Waals surface area contributed by atoms with Crippen molar-refractivity contribution in [2.75, 3.05) is 13.2 Å². The van der Waals surface area contributed by atoms with E-state index in [9.17, 15) is 13.2 Å². The number of aliphatic hydroxyl groups excluding tert-OH is 1. The van der Waals surface area contributed by atoms with Crippen molar-refractivity contribution in [3.05, 3.63) is 0 Å². The van der Waals surface area contributed by atoms with Gasteiger partial charge >= 0.3 is 6.18 Å². The summed E-state index contributed by atoms with van der Waals surface area (Å²) in [5, 5.41) is 11.2. The summed E-state index contributed by atoms with van der Waals surface area (Å²) in [6.07, 6.45) is -2.01. The zero-order valence-electron chi connectivity index (χ0n) is 6.62. The van der Waals surface area contributed by atoms with Crippen LogP contribution in [0.4, 0.5) is 13.2 Å². The summed E-state index contributed by atoms with van der Waals surface area (Å²) in [5.41, 5.74) is -0.643. The lowest BCUT2D eigenvalue weighted by atomic mass is 9.77. The molecule has 1 aliphatic rings. The molecule has 2 N–H and O–H groups in total. The summed E-state index contributed by atoms with van der Waals surface area (Å²) in [6.45, 7) is -1.21. The molecule has 0 saturated heterocycles. The molecule has 0 radical (unpaired) electrons. The molecule has 0 heterocycles. The molecule has 1 saturated carbocycles. The van der Waals surface area contributed by atoms with Gasteiger partial charge in [-0.15, -0.1) is 0 Å². The lowest BCUT2D eigenvalue weighted by Crippen LogP contribution is -2.56. The van der Waals surface area contributed by atoms with Gasteiger partial charge in [0.05, 0.1) is 13.2 Å². The van der Waals surface area contributed by atoms with Crippen molar-refractivity contribution in [1.29, 1.82) is 0 Å². The predicted molar refractivity (Wildman–Crippen MR) is 37.7 cm³/mol. The zero-order valence-corrected chi connectivity index (χ0v) is 6.62. The maximum Gasteiger partial charge on any atom is 0.401 e. The largest absolute Gasteiger partial charge is 0.401 e. The van der Waals surface area contributed by atoms with Crippen LogP contribution in [0.5, 0.6) is 0 Å².